The van der Waals surface area contributed by atoms with E-state index >= 15 is 0 Å². The fraction of sp³-hybridized carbons (Fsp3) is 0.0400. The van der Waals surface area contributed by atoms with Gasteiger partial charge in [0, 0.05) is 11.8 Å². The lowest BCUT2D eigenvalue weighted by molar-refractivity contribution is 0.414. The molecule has 3 aromatic carbocycles. The fourth-order valence-corrected chi connectivity index (χ4v) is 4.41. The number of aromatic hydroxyl groups is 1. The van der Waals surface area contributed by atoms with Crippen molar-refractivity contribution in [1.82, 2.24) is 4.57 Å². The number of aromatic nitrogens is 1. The Hall–Kier alpha value is -3.90. The number of hydrogen-bond donors (Lipinski definition) is 1. The van der Waals surface area contributed by atoms with E-state index in [0.29, 0.717) is 4.80 Å². The van der Waals surface area contributed by atoms with E-state index in [1.54, 1.807) is 17.9 Å². The van der Waals surface area contributed by atoms with E-state index in [0.717, 1.165) is 38.1 Å². The van der Waals surface area contributed by atoms with Crippen LogP contribution in [0.25, 0.3) is 17.8 Å². The van der Waals surface area contributed by atoms with Crippen LogP contribution in [0.3, 0.4) is 0 Å². The van der Waals surface area contributed by atoms with Gasteiger partial charge in [-0.15, -0.1) is 0 Å². The maximum absolute atomic E-state index is 11.1. The highest BCUT2D eigenvalue weighted by Crippen LogP contribution is 2.26. The van der Waals surface area contributed by atoms with Crippen LogP contribution in [-0.2, 0) is 0 Å². The lowest BCUT2D eigenvalue weighted by Gasteiger charge is -2.06. The number of methoxy groups -OCH3 is 1. The van der Waals surface area contributed by atoms with E-state index in [2.05, 4.69) is 11.1 Å². The molecule has 0 saturated heterocycles. The molecule has 1 N–H and O–H groups in total. The monoisotopic (exact) mass is 425 g/mol. The molecular formula is C25H19N3O2S. The van der Waals surface area contributed by atoms with Crippen LogP contribution in [0.15, 0.2) is 89.0 Å². The van der Waals surface area contributed by atoms with Crippen molar-refractivity contribution in [2.75, 3.05) is 7.11 Å². The quantitative estimate of drug-likeness (QED) is 0.539. The average Bonchev–Trinajstić information content (AvgIpc) is 3.39. The molecule has 0 amide bonds. The molecule has 4 aromatic rings. The second-order valence-electron chi connectivity index (χ2n) is 6.96. The van der Waals surface area contributed by atoms with Crippen LogP contribution in [0.5, 0.6) is 11.6 Å². The van der Waals surface area contributed by atoms with E-state index < -0.39 is 0 Å². The number of benzene rings is 3. The third-order valence-corrected chi connectivity index (χ3v) is 5.93. The molecule has 0 unspecified atom stereocenters. The SMILES string of the molecule is COc1ccc(-n2c(O)c(C=c3ccc4c(c3)C=CN=4)sc2=Nc2ccccc2)cc1. The Balaban J connectivity index is 1.70. The molecule has 5 rings (SSSR count). The van der Waals surface area contributed by atoms with E-state index in [-0.39, 0.29) is 5.88 Å². The maximum atomic E-state index is 11.1. The molecule has 31 heavy (non-hydrogen) atoms. The largest absolute Gasteiger partial charge is 0.497 e. The lowest BCUT2D eigenvalue weighted by atomic mass is 10.2. The van der Waals surface area contributed by atoms with Crippen LogP contribution in [0.2, 0.25) is 0 Å². The van der Waals surface area contributed by atoms with Crippen molar-refractivity contribution < 1.29 is 9.84 Å². The summed E-state index contributed by atoms with van der Waals surface area (Å²) in [5.74, 6) is 0.898. The molecule has 0 saturated carbocycles. The van der Waals surface area contributed by atoms with E-state index in [1.807, 2.05) is 78.9 Å². The van der Waals surface area contributed by atoms with Crippen LogP contribution in [0.1, 0.15) is 10.4 Å². The van der Waals surface area contributed by atoms with E-state index in [1.165, 1.54) is 11.3 Å². The standard InChI is InChI=1S/C25H19N3O2S/c1-30-21-10-8-20(9-11-21)28-24(29)23(31-25(28)27-19-5-3-2-4-6-19)16-17-7-12-22-18(15-17)13-14-26-22/h2-16,29H,1H3. The Morgan fingerprint density at radius 3 is 2.61 bits per heavy atom. The van der Waals surface area contributed by atoms with Crippen molar-refractivity contribution >= 4 is 29.2 Å². The second kappa shape index (κ2) is 8.08. The molecule has 2 heterocycles. The van der Waals surface area contributed by atoms with Gasteiger partial charge in [0.15, 0.2) is 4.80 Å². The van der Waals surface area contributed by atoms with Crippen molar-refractivity contribution in [3.8, 4) is 17.3 Å². The van der Waals surface area contributed by atoms with Gasteiger partial charge in [0.2, 0.25) is 5.88 Å². The maximum Gasteiger partial charge on any atom is 0.215 e. The van der Waals surface area contributed by atoms with E-state index in [4.69, 9.17) is 9.73 Å². The zero-order valence-electron chi connectivity index (χ0n) is 16.8. The molecule has 152 valence electrons. The van der Waals surface area contributed by atoms with Crippen molar-refractivity contribution in [3.63, 3.8) is 0 Å². The van der Waals surface area contributed by atoms with Gasteiger partial charge in [-0.05, 0) is 65.9 Å². The Morgan fingerprint density at radius 2 is 1.84 bits per heavy atom. The predicted molar refractivity (Wildman–Crippen MR) is 123 cm³/mol. The molecule has 1 aliphatic heterocycles. The molecule has 0 aliphatic carbocycles. The van der Waals surface area contributed by atoms with Gasteiger partial charge in [0.05, 0.1) is 28.7 Å². The summed E-state index contributed by atoms with van der Waals surface area (Å²) in [5.41, 5.74) is 2.70. The minimum absolute atomic E-state index is 0.144. The molecule has 6 heteroatoms. The summed E-state index contributed by atoms with van der Waals surface area (Å²) in [5, 5.41) is 13.1. The molecule has 0 spiro atoms. The minimum atomic E-state index is 0.144. The summed E-state index contributed by atoms with van der Waals surface area (Å²) in [6, 6.07) is 23.3. The number of fused-ring (bicyclic) bond motifs is 1. The van der Waals surface area contributed by atoms with Gasteiger partial charge in [0.1, 0.15) is 5.75 Å². The third kappa shape index (κ3) is 3.81. The van der Waals surface area contributed by atoms with Crippen molar-refractivity contribution in [2.24, 2.45) is 9.98 Å². The summed E-state index contributed by atoms with van der Waals surface area (Å²) < 4.78 is 7.03. The number of hydrogen-bond acceptors (Lipinski definition) is 5. The predicted octanol–water partition coefficient (Wildman–Crippen LogP) is 3.92. The summed E-state index contributed by atoms with van der Waals surface area (Å²) in [7, 11) is 1.63. The van der Waals surface area contributed by atoms with Crippen molar-refractivity contribution in [2.45, 2.75) is 0 Å². The second-order valence-corrected chi connectivity index (χ2v) is 7.97. The number of para-hydroxylation sites is 1. The molecule has 0 radical (unpaired) electrons. The van der Waals surface area contributed by atoms with Crippen LogP contribution < -0.4 is 20.1 Å². The first-order valence-electron chi connectivity index (χ1n) is 9.76. The Bertz CT molecular complexity index is 1460. The molecule has 1 aliphatic rings. The average molecular weight is 426 g/mol. The van der Waals surface area contributed by atoms with Crippen LogP contribution in [0, 0.1) is 0 Å². The molecule has 0 bridgehead atoms. The minimum Gasteiger partial charge on any atom is -0.497 e. The lowest BCUT2D eigenvalue weighted by Crippen LogP contribution is -2.11. The van der Waals surface area contributed by atoms with Gasteiger partial charge >= 0.3 is 0 Å². The topological polar surface area (TPSA) is 59.1 Å². The highest BCUT2D eigenvalue weighted by atomic mass is 32.1. The van der Waals surface area contributed by atoms with Crippen molar-refractivity contribution in [1.29, 1.82) is 0 Å². The summed E-state index contributed by atoms with van der Waals surface area (Å²) >= 11 is 1.43. The van der Waals surface area contributed by atoms with Gasteiger partial charge in [-0.1, -0.05) is 35.6 Å². The third-order valence-electron chi connectivity index (χ3n) is 4.95. The summed E-state index contributed by atoms with van der Waals surface area (Å²) in [6.45, 7) is 0. The number of rotatable bonds is 4. The summed E-state index contributed by atoms with van der Waals surface area (Å²) in [4.78, 5) is 10.5. The van der Waals surface area contributed by atoms with Gasteiger partial charge in [-0.2, -0.15) is 0 Å². The summed E-state index contributed by atoms with van der Waals surface area (Å²) in [6.07, 6.45) is 5.75. The Morgan fingerprint density at radius 1 is 1.03 bits per heavy atom. The van der Waals surface area contributed by atoms with Crippen LogP contribution >= 0.6 is 11.3 Å². The van der Waals surface area contributed by atoms with Crippen molar-refractivity contribution in [3.05, 3.63) is 105 Å². The van der Waals surface area contributed by atoms with Gasteiger partial charge in [0.25, 0.3) is 0 Å². The first kappa shape index (κ1) is 19.1. The number of nitrogens with zero attached hydrogens (tertiary/aromatic N) is 3. The first-order chi connectivity index (χ1) is 15.2. The zero-order valence-corrected chi connectivity index (χ0v) is 17.6. The first-order valence-corrected chi connectivity index (χ1v) is 10.6. The van der Waals surface area contributed by atoms with Crippen LogP contribution in [-0.4, -0.2) is 16.8 Å². The normalized spacial score (nSPS) is 13.3. The molecule has 5 nitrogen and oxygen atoms in total. The van der Waals surface area contributed by atoms with Gasteiger partial charge in [-0.25, -0.2) is 4.99 Å². The number of ether oxygens (including phenoxy) is 1. The molecular weight excluding hydrogens is 406 g/mol. The highest BCUT2D eigenvalue weighted by molar-refractivity contribution is 7.10. The van der Waals surface area contributed by atoms with Crippen LogP contribution in [0.4, 0.5) is 5.69 Å². The smallest absolute Gasteiger partial charge is 0.215 e. The Labute approximate surface area is 182 Å². The highest BCUT2D eigenvalue weighted by Gasteiger charge is 2.13. The molecule has 1 aromatic heterocycles. The zero-order chi connectivity index (χ0) is 21.2. The van der Waals surface area contributed by atoms with Gasteiger partial charge in [-0.3, -0.25) is 9.56 Å². The molecule has 0 fully saturated rings. The van der Waals surface area contributed by atoms with E-state index in [9.17, 15) is 5.11 Å². The molecule has 0 atom stereocenters. The fourth-order valence-electron chi connectivity index (χ4n) is 3.40. The number of thiazole rings is 1. The van der Waals surface area contributed by atoms with Gasteiger partial charge < -0.3 is 9.84 Å². The Kier molecular flexibility index (Phi) is 4.98.